The number of carboxylic acids is 1. The zero-order valence-electron chi connectivity index (χ0n) is 13.3. The van der Waals surface area contributed by atoms with Gasteiger partial charge in [0.15, 0.2) is 0 Å². The highest BCUT2D eigenvalue weighted by molar-refractivity contribution is 5.76. The summed E-state index contributed by atoms with van der Waals surface area (Å²) in [6, 6.07) is -0.326. The molecule has 122 valence electrons. The van der Waals surface area contributed by atoms with Crippen LogP contribution in [0.15, 0.2) is 0 Å². The van der Waals surface area contributed by atoms with E-state index in [9.17, 15) is 14.4 Å². The summed E-state index contributed by atoms with van der Waals surface area (Å²) in [5.74, 6) is -1.23. The van der Waals surface area contributed by atoms with E-state index in [1.54, 1.807) is 6.92 Å². The van der Waals surface area contributed by atoms with Crippen molar-refractivity contribution in [2.24, 2.45) is 0 Å². The molecule has 0 aliphatic carbocycles. The Morgan fingerprint density at radius 1 is 1.19 bits per heavy atom. The molecule has 7 nitrogen and oxygen atoms in total. The van der Waals surface area contributed by atoms with Crippen LogP contribution in [-0.4, -0.2) is 53.2 Å². The van der Waals surface area contributed by atoms with E-state index in [4.69, 9.17) is 9.84 Å². The zero-order chi connectivity index (χ0) is 16.5. The molecule has 0 aliphatic heterocycles. The van der Waals surface area contributed by atoms with Crippen molar-refractivity contribution in [2.45, 2.75) is 52.5 Å². The predicted octanol–water partition coefficient (Wildman–Crippen LogP) is 1.61. The van der Waals surface area contributed by atoms with Crippen LogP contribution < -0.4 is 5.32 Å². The Morgan fingerprint density at radius 3 is 2.29 bits per heavy atom. The van der Waals surface area contributed by atoms with E-state index in [1.807, 2.05) is 20.8 Å². The summed E-state index contributed by atoms with van der Waals surface area (Å²) in [4.78, 5) is 35.3. The molecule has 0 aromatic carbocycles. The average Bonchev–Trinajstić information content (AvgIpc) is 2.33. The number of nitrogens with one attached hydrogen (secondary N) is 1. The molecule has 0 saturated carbocycles. The predicted molar refractivity (Wildman–Crippen MR) is 78.0 cm³/mol. The molecule has 0 radical (unpaired) electrons. The third kappa shape index (κ3) is 8.88. The molecule has 0 spiro atoms. The fourth-order valence-corrected chi connectivity index (χ4v) is 1.71. The molecule has 0 rings (SSSR count). The molecule has 0 fully saturated rings. The maximum atomic E-state index is 12.1. The Hall–Kier alpha value is -1.79. The van der Waals surface area contributed by atoms with Gasteiger partial charge in [-0.05, 0) is 34.1 Å². The van der Waals surface area contributed by atoms with Crippen LogP contribution in [0, 0.1) is 0 Å². The number of urea groups is 1. The maximum Gasteiger partial charge on any atom is 0.317 e. The minimum atomic E-state index is -0.945. The summed E-state index contributed by atoms with van der Waals surface area (Å²) in [5.41, 5.74) is -0.472. The Morgan fingerprint density at radius 2 is 1.81 bits per heavy atom. The lowest BCUT2D eigenvalue weighted by molar-refractivity contribution is -0.143. The van der Waals surface area contributed by atoms with E-state index in [2.05, 4.69) is 5.32 Å². The molecule has 0 aromatic rings. The van der Waals surface area contributed by atoms with Crippen LogP contribution in [-0.2, 0) is 14.3 Å². The minimum absolute atomic E-state index is 0.104. The van der Waals surface area contributed by atoms with Gasteiger partial charge in [0.1, 0.15) is 0 Å². The normalized spacial score (nSPS) is 10.9. The summed E-state index contributed by atoms with van der Waals surface area (Å²) < 4.78 is 4.79. The van der Waals surface area contributed by atoms with Crippen LogP contribution in [0.4, 0.5) is 4.79 Å². The summed E-state index contributed by atoms with van der Waals surface area (Å²) >= 11 is 0. The first-order valence-corrected chi connectivity index (χ1v) is 7.11. The summed E-state index contributed by atoms with van der Waals surface area (Å²) in [7, 11) is 0. The fourth-order valence-electron chi connectivity index (χ4n) is 1.71. The number of carboxylic acid groups (broad SMARTS) is 1. The van der Waals surface area contributed by atoms with Crippen molar-refractivity contribution in [3.63, 3.8) is 0 Å². The molecule has 0 aromatic heterocycles. The Bertz CT molecular complexity index is 363. The lowest BCUT2D eigenvalue weighted by Gasteiger charge is -2.35. The van der Waals surface area contributed by atoms with Gasteiger partial charge in [0, 0.05) is 25.0 Å². The highest BCUT2D eigenvalue weighted by Crippen LogP contribution is 2.13. The van der Waals surface area contributed by atoms with Crippen LogP contribution in [0.25, 0.3) is 0 Å². The first kappa shape index (κ1) is 19.2. The lowest BCUT2D eigenvalue weighted by Crippen LogP contribution is -2.51. The largest absolute Gasteiger partial charge is 0.481 e. The Kier molecular flexibility index (Phi) is 8.42. The van der Waals surface area contributed by atoms with E-state index in [-0.39, 0.29) is 31.4 Å². The third-order valence-corrected chi connectivity index (χ3v) is 2.74. The fraction of sp³-hybridized carbons (Fsp3) is 0.786. The standard InChI is InChI=1S/C14H26N2O5/c1-5-21-12(19)7-6-9-15-13(20)16(14(2,3)4)10-8-11(17)18/h5-10H2,1-4H3,(H,15,20)(H,17,18). The number of esters is 1. The van der Waals surface area contributed by atoms with Gasteiger partial charge in [-0.1, -0.05) is 0 Å². The highest BCUT2D eigenvalue weighted by atomic mass is 16.5. The number of hydrogen-bond acceptors (Lipinski definition) is 4. The van der Waals surface area contributed by atoms with Crippen LogP contribution in [0.1, 0.15) is 47.0 Å². The number of rotatable bonds is 8. The maximum absolute atomic E-state index is 12.1. The summed E-state index contributed by atoms with van der Waals surface area (Å²) in [6.45, 7) is 8.09. The first-order valence-electron chi connectivity index (χ1n) is 7.11. The number of amides is 2. The van der Waals surface area contributed by atoms with Crippen molar-refractivity contribution < 1.29 is 24.2 Å². The van der Waals surface area contributed by atoms with Crippen molar-refractivity contribution >= 4 is 18.0 Å². The van der Waals surface area contributed by atoms with Crippen molar-refractivity contribution in [3.8, 4) is 0 Å². The Balaban J connectivity index is 4.23. The summed E-state index contributed by atoms with van der Waals surface area (Å²) in [6.07, 6.45) is 0.633. The summed E-state index contributed by atoms with van der Waals surface area (Å²) in [5, 5.41) is 11.4. The molecule has 2 N–H and O–H groups in total. The van der Waals surface area contributed by atoms with E-state index in [0.717, 1.165) is 0 Å². The van der Waals surface area contributed by atoms with Gasteiger partial charge in [0.05, 0.1) is 13.0 Å². The molecular formula is C14H26N2O5. The smallest absolute Gasteiger partial charge is 0.317 e. The second kappa shape index (κ2) is 9.20. The number of hydrogen-bond donors (Lipinski definition) is 2. The Labute approximate surface area is 125 Å². The van der Waals surface area contributed by atoms with Gasteiger partial charge in [-0.3, -0.25) is 9.59 Å². The topological polar surface area (TPSA) is 95.9 Å². The van der Waals surface area contributed by atoms with Gasteiger partial charge < -0.3 is 20.1 Å². The van der Waals surface area contributed by atoms with Crippen LogP contribution >= 0.6 is 0 Å². The van der Waals surface area contributed by atoms with Crippen LogP contribution in [0.3, 0.4) is 0 Å². The van der Waals surface area contributed by atoms with Crippen molar-refractivity contribution in [1.29, 1.82) is 0 Å². The number of ether oxygens (including phenoxy) is 1. The molecule has 7 heteroatoms. The van der Waals surface area contributed by atoms with E-state index >= 15 is 0 Å². The van der Waals surface area contributed by atoms with E-state index in [1.165, 1.54) is 4.90 Å². The lowest BCUT2D eigenvalue weighted by atomic mass is 10.1. The van der Waals surface area contributed by atoms with E-state index < -0.39 is 11.5 Å². The monoisotopic (exact) mass is 302 g/mol. The first-order chi connectivity index (χ1) is 9.68. The van der Waals surface area contributed by atoms with Crippen LogP contribution in [0.5, 0.6) is 0 Å². The average molecular weight is 302 g/mol. The van der Waals surface area contributed by atoms with Gasteiger partial charge in [0.2, 0.25) is 0 Å². The molecule has 21 heavy (non-hydrogen) atoms. The molecule has 2 amide bonds. The van der Waals surface area contributed by atoms with Gasteiger partial charge in [-0.2, -0.15) is 0 Å². The molecule has 0 atom stereocenters. The number of aliphatic carboxylic acids is 1. The molecule has 0 unspecified atom stereocenters. The quantitative estimate of drug-likeness (QED) is 0.524. The second-order valence-electron chi connectivity index (χ2n) is 5.61. The SMILES string of the molecule is CCOC(=O)CCCNC(=O)N(CCC(=O)O)C(C)(C)C. The number of carbonyl (C=O) groups is 3. The van der Waals surface area contributed by atoms with Crippen LogP contribution in [0.2, 0.25) is 0 Å². The van der Waals surface area contributed by atoms with Gasteiger partial charge >= 0.3 is 18.0 Å². The highest BCUT2D eigenvalue weighted by Gasteiger charge is 2.26. The molecule has 0 saturated heterocycles. The molecule has 0 heterocycles. The molecule has 0 aliphatic rings. The molecule has 0 bridgehead atoms. The minimum Gasteiger partial charge on any atom is -0.481 e. The number of nitrogens with zero attached hydrogens (tertiary/aromatic N) is 1. The van der Waals surface area contributed by atoms with E-state index in [0.29, 0.717) is 19.6 Å². The van der Waals surface area contributed by atoms with Crippen molar-refractivity contribution in [2.75, 3.05) is 19.7 Å². The van der Waals surface area contributed by atoms with Gasteiger partial charge in [-0.25, -0.2) is 4.79 Å². The van der Waals surface area contributed by atoms with Crippen molar-refractivity contribution in [1.82, 2.24) is 10.2 Å². The second-order valence-corrected chi connectivity index (χ2v) is 5.61. The molecular weight excluding hydrogens is 276 g/mol. The van der Waals surface area contributed by atoms with Crippen molar-refractivity contribution in [3.05, 3.63) is 0 Å². The van der Waals surface area contributed by atoms with Gasteiger partial charge in [-0.15, -0.1) is 0 Å². The third-order valence-electron chi connectivity index (χ3n) is 2.74. The number of carbonyl (C=O) groups excluding carboxylic acids is 2. The van der Waals surface area contributed by atoms with Gasteiger partial charge in [0.25, 0.3) is 0 Å². The zero-order valence-corrected chi connectivity index (χ0v) is 13.3.